The maximum atomic E-state index is 11.8. The van der Waals surface area contributed by atoms with E-state index in [4.69, 9.17) is 5.11 Å². The molecule has 108 valence electrons. The number of nitrogens with zero attached hydrogens (tertiary/aromatic N) is 1. The number of benzene rings is 1. The molecule has 0 bridgehead atoms. The Bertz CT molecular complexity index is 502. The molecule has 1 heterocycles. The zero-order valence-electron chi connectivity index (χ0n) is 11.6. The van der Waals surface area contributed by atoms with Crippen molar-refractivity contribution in [2.75, 3.05) is 13.1 Å². The van der Waals surface area contributed by atoms with E-state index >= 15 is 0 Å². The fourth-order valence-corrected chi connectivity index (χ4v) is 2.66. The van der Waals surface area contributed by atoms with Crippen molar-refractivity contribution in [3.05, 3.63) is 35.4 Å². The van der Waals surface area contributed by atoms with Crippen LogP contribution in [0.1, 0.15) is 24.5 Å². The summed E-state index contributed by atoms with van der Waals surface area (Å²) >= 11 is 0. The third-order valence-electron chi connectivity index (χ3n) is 3.66. The quantitative estimate of drug-likeness (QED) is 0.842. The van der Waals surface area contributed by atoms with Gasteiger partial charge in [-0.3, -0.25) is 14.5 Å². The van der Waals surface area contributed by atoms with E-state index in [2.05, 4.69) is 10.2 Å². The number of aliphatic carboxylic acids is 1. The fraction of sp³-hybridized carbons (Fsp3) is 0.467. The molecule has 0 radical (unpaired) electrons. The van der Waals surface area contributed by atoms with Crippen LogP contribution in [0.4, 0.5) is 0 Å². The molecule has 1 aliphatic rings. The van der Waals surface area contributed by atoms with Crippen LogP contribution in [0.2, 0.25) is 0 Å². The summed E-state index contributed by atoms with van der Waals surface area (Å²) in [6.07, 6.45) is 0.778. The van der Waals surface area contributed by atoms with Gasteiger partial charge in [0.25, 0.3) is 0 Å². The van der Waals surface area contributed by atoms with Gasteiger partial charge in [-0.1, -0.05) is 31.2 Å². The lowest BCUT2D eigenvalue weighted by Gasteiger charge is -2.34. The van der Waals surface area contributed by atoms with Crippen molar-refractivity contribution in [3.8, 4) is 0 Å². The molecule has 1 fully saturated rings. The summed E-state index contributed by atoms with van der Waals surface area (Å²) in [4.78, 5) is 24.9. The minimum Gasteiger partial charge on any atom is -0.481 e. The number of nitrogens with one attached hydrogen (secondary N) is 1. The molecule has 0 aliphatic carbocycles. The van der Waals surface area contributed by atoms with E-state index in [1.165, 1.54) is 0 Å². The van der Waals surface area contributed by atoms with E-state index in [1.807, 2.05) is 31.2 Å². The zero-order chi connectivity index (χ0) is 14.5. The van der Waals surface area contributed by atoms with E-state index in [-0.39, 0.29) is 18.4 Å². The molecule has 2 rings (SSSR count). The Morgan fingerprint density at radius 3 is 2.75 bits per heavy atom. The van der Waals surface area contributed by atoms with Gasteiger partial charge >= 0.3 is 5.97 Å². The molecule has 1 amide bonds. The van der Waals surface area contributed by atoms with Crippen molar-refractivity contribution in [2.45, 2.75) is 32.4 Å². The third kappa shape index (κ3) is 3.36. The second-order valence-electron chi connectivity index (χ2n) is 5.02. The Hall–Kier alpha value is -1.88. The number of carbonyl (C=O) groups excluding carboxylic acids is 1. The first-order valence-electron chi connectivity index (χ1n) is 6.92. The van der Waals surface area contributed by atoms with Gasteiger partial charge in [-0.05, 0) is 17.5 Å². The van der Waals surface area contributed by atoms with E-state index < -0.39 is 5.97 Å². The number of hydrogen-bond donors (Lipinski definition) is 2. The van der Waals surface area contributed by atoms with Crippen LogP contribution < -0.4 is 5.32 Å². The number of carboxylic acid groups (broad SMARTS) is 1. The van der Waals surface area contributed by atoms with Gasteiger partial charge in [0.2, 0.25) is 5.91 Å². The van der Waals surface area contributed by atoms with E-state index in [0.29, 0.717) is 13.1 Å². The van der Waals surface area contributed by atoms with Gasteiger partial charge in [-0.15, -0.1) is 0 Å². The molecule has 1 atom stereocenters. The van der Waals surface area contributed by atoms with Crippen molar-refractivity contribution in [1.82, 2.24) is 10.2 Å². The van der Waals surface area contributed by atoms with Crippen LogP contribution in [0, 0.1) is 0 Å². The SMILES string of the molecule is CCC1C(=O)NCCN1Cc1ccccc1CC(=O)O. The smallest absolute Gasteiger partial charge is 0.307 e. The molecule has 5 heteroatoms. The maximum Gasteiger partial charge on any atom is 0.307 e. The number of rotatable bonds is 5. The minimum atomic E-state index is -0.833. The molecule has 1 unspecified atom stereocenters. The van der Waals surface area contributed by atoms with Gasteiger partial charge in [-0.2, -0.15) is 0 Å². The highest BCUT2D eigenvalue weighted by molar-refractivity contribution is 5.82. The Morgan fingerprint density at radius 2 is 2.10 bits per heavy atom. The Balaban J connectivity index is 2.16. The molecule has 0 saturated carbocycles. The van der Waals surface area contributed by atoms with Crippen LogP contribution in [0.15, 0.2) is 24.3 Å². The van der Waals surface area contributed by atoms with Gasteiger partial charge in [-0.25, -0.2) is 0 Å². The van der Waals surface area contributed by atoms with Crippen LogP contribution in [0.5, 0.6) is 0 Å². The van der Waals surface area contributed by atoms with Crippen molar-refractivity contribution < 1.29 is 14.7 Å². The maximum absolute atomic E-state index is 11.8. The van der Waals surface area contributed by atoms with E-state index in [0.717, 1.165) is 24.1 Å². The number of carbonyl (C=O) groups is 2. The highest BCUT2D eigenvalue weighted by Crippen LogP contribution is 2.17. The fourth-order valence-electron chi connectivity index (χ4n) is 2.66. The monoisotopic (exact) mass is 276 g/mol. The lowest BCUT2D eigenvalue weighted by molar-refractivity contribution is -0.136. The van der Waals surface area contributed by atoms with Crippen molar-refractivity contribution in [1.29, 1.82) is 0 Å². The molecule has 1 aromatic carbocycles. The summed E-state index contributed by atoms with van der Waals surface area (Å²) in [5, 5.41) is 11.8. The van der Waals surface area contributed by atoms with Gasteiger partial charge in [0, 0.05) is 19.6 Å². The van der Waals surface area contributed by atoms with Crippen molar-refractivity contribution >= 4 is 11.9 Å². The standard InChI is InChI=1S/C15H20N2O3/c1-2-13-15(20)16-7-8-17(13)10-12-6-4-3-5-11(12)9-14(18)19/h3-6,13H,2,7-10H2,1H3,(H,16,20)(H,18,19). The predicted octanol–water partition coefficient (Wildman–Crippen LogP) is 1.02. The number of amides is 1. The molecular formula is C15H20N2O3. The first-order valence-corrected chi connectivity index (χ1v) is 6.92. The zero-order valence-corrected chi connectivity index (χ0v) is 11.6. The third-order valence-corrected chi connectivity index (χ3v) is 3.66. The van der Waals surface area contributed by atoms with Gasteiger partial charge in [0.05, 0.1) is 12.5 Å². The molecule has 2 N–H and O–H groups in total. The Kier molecular flexibility index (Phi) is 4.74. The summed E-state index contributed by atoms with van der Waals surface area (Å²) in [5.41, 5.74) is 1.81. The first-order chi connectivity index (χ1) is 9.61. The number of carboxylic acids is 1. The Labute approximate surface area is 118 Å². The van der Waals surface area contributed by atoms with Gasteiger partial charge in [0.1, 0.15) is 0 Å². The highest BCUT2D eigenvalue weighted by atomic mass is 16.4. The molecular weight excluding hydrogens is 256 g/mol. The van der Waals surface area contributed by atoms with Crippen LogP contribution >= 0.6 is 0 Å². The summed E-state index contributed by atoms with van der Waals surface area (Å²) in [6, 6.07) is 7.42. The van der Waals surface area contributed by atoms with Crippen LogP contribution in [-0.4, -0.2) is 41.0 Å². The topological polar surface area (TPSA) is 69.6 Å². The second-order valence-corrected chi connectivity index (χ2v) is 5.02. The van der Waals surface area contributed by atoms with Crippen LogP contribution in [0.25, 0.3) is 0 Å². The second kappa shape index (κ2) is 6.52. The Morgan fingerprint density at radius 1 is 1.40 bits per heavy atom. The first kappa shape index (κ1) is 14.5. The van der Waals surface area contributed by atoms with E-state index in [1.54, 1.807) is 0 Å². The molecule has 0 aromatic heterocycles. The van der Waals surface area contributed by atoms with Crippen LogP contribution in [-0.2, 0) is 22.6 Å². The largest absolute Gasteiger partial charge is 0.481 e. The van der Waals surface area contributed by atoms with Gasteiger partial charge < -0.3 is 10.4 Å². The lowest BCUT2D eigenvalue weighted by Crippen LogP contribution is -2.54. The van der Waals surface area contributed by atoms with Crippen LogP contribution in [0.3, 0.4) is 0 Å². The molecule has 1 aromatic rings. The summed E-state index contributed by atoms with van der Waals surface area (Å²) in [7, 11) is 0. The predicted molar refractivity (Wildman–Crippen MR) is 75.3 cm³/mol. The molecule has 5 nitrogen and oxygen atoms in total. The molecule has 20 heavy (non-hydrogen) atoms. The molecule has 1 aliphatic heterocycles. The number of piperazine rings is 1. The van der Waals surface area contributed by atoms with Crippen molar-refractivity contribution in [3.63, 3.8) is 0 Å². The highest BCUT2D eigenvalue weighted by Gasteiger charge is 2.28. The summed E-state index contributed by atoms with van der Waals surface area (Å²) in [5.74, 6) is -0.768. The average molecular weight is 276 g/mol. The molecule has 1 saturated heterocycles. The van der Waals surface area contributed by atoms with Crippen molar-refractivity contribution in [2.24, 2.45) is 0 Å². The van der Waals surface area contributed by atoms with Gasteiger partial charge in [0.15, 0.2) is 0 Å². The summed E-state index contributed by atoms with van der Waals surface area (Å²) in [6.45, 7) is 4.06. The number of hydrogen-bond acceptors (Lipinski definition) is 3. The minimum absolute atomic E-state index is 0.0208. The van der Waals surface area contributed by atoms with E-state index in [9.17, 15) is 9.59 Å². The lowest BCUT2D eigenvalue weighted by atomic mass is 10.0. The normalized spacial score (nSPS) is 19.6. The molecule has 0 spiro atoms. The summed E-state index contributed by atoms with van der Waals surface area (Å²) < 4.78 is 0. The average Bonchev–Trinajstić information content (AvgIpc) is 2.41.